The van der Waals surface area contributed by atoms with Gasteiger partial charge in [0.15, 0.2) is 0 Å². The fourth-order valence-corrected chi connectivity index (χ4v) is 3.92. The Kier molecular flexibility index (Phi) is 9.36. The van der Waals surface area contributed by atoms with Crippen molar-refractivity contribution in [3.63, 3.8) is 0 Å². The van der Waals surface area contributed by atoms with E-state index < -0.39 is 0 Å². The first-order chi connectivity index (χ1) is 14.1. The highest BCUT2D eigenvalue weighted by molar-refractivity contribution is 5.78. The van der Waals surface area contributed by atoms with E-state index in [2.05, 4.69) is 20.8 Å². The van der Waals surface area contributed by atoms with Gasteiger partial charge in [0.2, 0.25) is 5.91 Å². The summed E-state index contributed by atoms with van der Waals surface area (Å²) in [5, 5.41) is 0.638. The smallest absolute Gasteiger partial charge is 0.261 e. The third-order valence-electron chi connectivity index (χ3n) is 5.59. The highest BCUT2D eigenvalue weighted by Crippen LogP contribution is 2.25. The van der Waals surface area contributed by atoms with Crippen LogP contribution in [0.1, 0.15) is 90.9 Å². The predicted octanol–water partition coefficient (Wildman–Crippen LogP) is 5.47. The largest absolute Gasteiger partial charge is 0.333 e. The number of carbonyl (C=O) groups excluding carboxylic acids is 1. The van der Waals surface area contributed by atoms with Crippen LogP contribution in [0.5, 0.6) is 0 Å². The Labute approximate surface area is 175 Å². The normalized spacial score (nSPS) is 12.3. The van der Waals surface area contributed by atoms with Gasteiger partial charge in [0, 0.05) is 19.5 Å². The molecule has 1 aromatic carbocycles. The summed E-state index contributed by atoms with van der Waals surface area (Å²) in [6.45, 7) is 9.63. The van der Waals surface area contributed by atoms with E-state index in [9.17, 15) is 9.59 Å². The fraction of sp³-hybridized carbons (Fsp3) is 0.625. The second kappa shape index (κ2) is 11.7. The van der Waals surface area contributed by atoms with Crippen molar-refractivity contribution < 1.29 is 4.79 Å². The highest BCUT2D eigenvalue weighted by Gasteiger charge is 2.27. The summed E-state index contributed by atoms with van der Waals surface area (Å²) in [4.78, 5) is 33.1. The molecular formula is C24H37N3O2. The van der Waals surface area contributed by atoms with Crippen LogP contribution in [0, 0.1) is 0 Å². The van der Waals surface area contributed by atoms with Gasteiger partial charge in [-0.05, 0) is 38.3 Å². The van der Waals surface area contributed by atoms with Crippen LogP contribution in [0.15, 0.2) is 29.1 Å². The van der Waals surface area contributed by atoms with E-state index in [0.29, 0.717) is 30.4 Å². The molecule has 0 saturated heterocycles. The van der Waals surface area contributed by atoms with Gasteiger partial charge in [-0.15, -0.1) is 0 Å². The molecule has 1 atom stereocenters. The molecule has 2 aromatic rings. The number of para-hydroxylation sites is 1. The molecule has 0 N–H and O–H groups in total. The lowest BCUT2D eigenvalue weighted by Crippen LogP contribution is -2.39. The maximum Gasteiger partial charge on any atom is 0.261 e. The minimum absolute atomic E-state index is 0.0163. The van der Waals surface area contributed by atoms with Gasteiger partial charge in [0.1, 0.15) is 5.82 Å². The number of hydrogen-bond acceptors (Lipinski definition) is 3. The third-order valence-corrected chi connectivity index (χ3v) is 5.59. The van der Waals surface area contributed by atoms with Gasteiger partial charge in [0.05, 0.1) is 16.9 Å². The Morgan fingerprint density at radius 3 is 2.41 bits per heavy atom. The summed E-state index contributed by atoms with van der Waals surface area (Å²) >= 11 is 0. The van der Waals surface area contributed by atoms with Crippen molar-refractivity contribution >= 4 is 16.8 Å². The Morgan fingerprint density at radius 1 is 1.03 bits per heavy atom. The van der Waals surface area contributed by atoms with Crippen molar-refractivity contribution in [3.05, 3.63) is 40.4 Å². The summed E-state index contributed by atoms with van der Waals surface area (Å²) in [6, 6.07) is 7.32. The van der Waals surface area contributed by atoms with Crippen molar-refractivity contribution in [1.82, 2.24) is 14.5 Å². The van der Waals surface area contributed by atoms with Crippen LogP contribution in [0.25, 0.3) is 10.9 Å². The molecule has 0 spiro atoms. The Morgan fingerprint density at radius 2 is 1.76 bits per heavy atom. The zero-order valence-electron chi connectivity index (χ0n) is 18.6. The second-order valence-electron chi connectivity index (χ2n) is 7.71. The van der Waals surface area contributed by atoms with Crippen LogP contribution < -0.4 is 5.56 Å². The molecule has 0 fully saturated rings. The molecule has 5 heteroatoms. The van der Waals surface area contributed by atoms with Crippen LogP contribution >= 0.6 is 0 Å². The van der Waals surface area contributed by atoms with Crippen LogP contribution in [0.4, 0.5) is 0 Å². The monoisotopic (exact) mass is 399 g/mol. The van der Waals surface area contributed by atoms with Gasteiger partial charge in [0.25, 0.3) is 5.56 Å². The van der Waals surface area contributed by atoms with Crippen LogP contribution in [0.2, 0.25) is 0 Å². The molecule has 2 rings (SSSR count). The fourth-order valence-electron chi connectivity index (χ4n) is 3.92. The van der Waals surface area contributed by atoms with Crippen LogP contribution in [0.3, 0.4) is 0 Å². The maximum atomic E-state index is 13.1. The topological polar surface area (TPSA) is 55.2 Å². The van der Waals surface area contributed by atoms with E-state index in [4.69, 9.17) is 4.98 Å². The van der Waals surface area contributed by atoms with Crippen molar-refractivity contribution in [2.75, 3.05) is 6.54 Å². The van der Waals surface area contributed by atoms with Crippen LogP contribution in [-0.4, -0.2) is 26.9 Å². The Bertz CT molecular complexity index is 844. The molecule has 1 aromatic heterocycles. The molecule has 1 amide bonds. The number of rotatable bonds is 12. The van der Waals surface area contributed by atoms with Crippen LogP contribution in [-0.2, 0) is 11.3 Å². The quantitative estimate of drug-likeness (QED) is 0.445. The minimum Gasteiger partial charge on any atom is -0.333 e. The molecule has 0 aliphatic rings. The second-order valence-corrected chi connectivity index (χ2v) is 7.71. The first kappa shape index (κ1) is 23.1. The molecule has 0 radical (unpaired) electrons. The first-order valence-corrected chi connectivity index (χ1v) is 11.4. The average Bonchev–Trinajstić information content (AvgIpc) is 2.74. The van der Waals surface area contributed by atoms with Gasteiger partial charge in [-0.25, -0.2) is 4.98 Å². The molecule has 0 saturated carbocycles. The highest BCUT2D eigenvalue weighted by atomic mass is 16.2. The van der Waals surface area contributed by atoms with Gasteiger partial charge in [-0.1, -0.05) is 58.6 Å². The molecule has 1 heterocycles. The van der Waals surface area contributed by atoms with E-state index in [1.165, 1.54) is 6.42 Å². The van der Waals surface area contributed by atoms with Crippen molar-refractivity contribution in [3.8, 4) is 0 Å². The number of hydrogen-bond donors (Lipinski definition) is 0. The van der Waals surface area contributed by atoms with Gasteiger partial charge in [-0.2, -0.15) is 0 Å². The summed E-state index contributed by atoms with van der Waals surface area (Å²) in [7, 11) is 0. The zero-order chi connectivity index (χ0) is 21.2. The number of unbranched alkanes of at least 4 members (excludes halogenated alkanes) is 4. The number of carbonyl (C=O) groups is 1. The summed E-state index contributed by atoms with van der Waals surface area (Å²) in [5.41, 5.74) is 0.693. The van der Waals surface area contributed by atoms with Crippen molar-refractivity contribution in [1.29, 1.82) is 0 Å². The summed E-state index contributed by atoms with van der Waals surface area (Å²) < 4.78 is 1.75. The number of aromatic nitrogens is 2. The van der Waals surface area contributed by atoms with Crippen molar-refractivity contribution in [2.24, 2.45) is 0 Å². The average molecular weight is 400 g/mol. The zero-order valence-corrected chi connectivity index (χ0v) is 18.6. The summed E-state index contributed by atoms with van der Waals surface area (Å²) in [6.07, 6.45) is 7.66. The molecule has 0 aliphatic heterocycles. The Hall–Kier alpha value is -2.17. The van der Waals surface area contributed by atoms with E-state index in [1.807, 2.05) is 36.1 Å². The SMILES string of the molecule is CCCCCCC(=O)N(CCCC)C(CC)c1nc2ccccc2c(=O)n1CC. The first-order valence-electron chi connectivity index (χ1n) is 11.4. The predicted molar refractivity (Wildman–Crippen MR) is 120 cm³/mol. The number of benzene rings is 1. The number of amides is 1. The van der Waals surface area contributed by atoms with E-state index in [1.54, 1.807) is 4.57 Å². The molecule has 160 valence electrons. The molecule has 1 unspecified atom stereocenters. The van der Waals surface area contributed by atoms with Gasteiger partial charge in [-0.3, -0.25) is 14.2 Å². The van der Waals surface area contributed by atoms with Crippen molar-refractivity contribution in [2.45, 2.75) is 91.6 Å². The number of nitrogens with zero attached hydrogens (tertiary/aromatic N) is 3. The maximum absolute atomic E-state index is 13.1. The molecular weight excluding hydrogens is 362 g/mol. The van der Waals surface area contributed by atoms with E-state index in [-0.39, 0.29) is 17.5 Å². The Balaban J connectivity index is 2.43. The van der Waals surface area contributed by atoms with E-state index >= 15 is 0 Å². The van der Waals surface area contributed by atoms with Gasteiger partial charge < -0.3 is 4.90 Å². The molecule has 0 bridgehead atoms. The lowest BCUT2D eigenvalue weighted by atomic mass is 10.1. The molecule has 5 nitrogen and oxygen atoms in total. The van der Waals surface area contributed by atoms with Gasteiger partial charge >= 0.3 is 0 Å². The third kappa shape index (κ3) is 5.68. The standard InChI is InChI=1S/C24H37N3O2/c1-5-9-11-12-17-22(28)27(18-10-6-2)21(7-3)23-25-20-16-14-13-15-19(20)24(29)26(23)8-4/h13-16,21H,5-12,17-18H2,1-4H3. The minimum atomic E-state index is -0.169. The lowest BCUT2D eigenvalue weighted by Gasteiger charge is -2.32. The van der Waals surface area contributed by atoms with E-state index in [0.717, 1.165) is 44.3 Å². The molecule has 29 heavy (non-hydrogen) atoms. The molecule has 0 aliphatic carbocycles. The number of fused-ring (bicyclic) bond motifs is 1. The lowest BCUT2D eigenvalue weighted by molar-refractivity contribution is -0.134. The summed E-state index contributed by atoms with van der Waals surface area (Å²) in [5.74, 6) is 0.906.